The number of hydrogen-bond donors (Lipinski definition) is 2. The molecule has 0 aliphatic carbocycles. The molecule has 4 heterocycles. The SMILES string of the molecule is c1ccc(CN2CCc3nc(-c4n[nH]c5cc(-n6nnc7ccccc76)ccc45)[nH]c3C2)cc1. The third kappa shape index (κ3) is 3.19. The van der Waals surface area contributed by atoms with Crippen LogP contribution in [0.15, 0.2) is 72.8 Å². The first-order chi connectivity index (χ1) is 16.8. The first-order valence-electron chi connectivity index (χ1n) is 11.5. The summed E-state index contributed by atoms with van der Waals surface area (Å²) in [5.74, 6) is 0.816. The molecular weight excluding hydrogens is 424 g/mol. The predicted molar refractivity (Wildman–Crippen MR) is 130 cm³/mol. The zero-order valence-electron chi connectivity index (χ0n) is 18.4. The lowest BCUT2D eigenvalue weighted by atomic mass is 10.1. The van der Waals surface area contributed by atoms with Gasteiger partial charge in [-0.1, -0.05) is 47.7 Å². The van der Waals surface area contributed by atoms with Gasteiger partial charge in [0.15, 0.2) is 5.82 Å². The highest BCUT2D eigenvalue weighted by Crippen LogP contribution is 2.29. The van der Waals surface area contributed by atoms with E-state index in [1.165, 1.54) is 11.3 Å². The van der Waals surface area contributed by atoms with E-state index in [1.54, 1.807) is 0 Å². The zero-order valence-corrected chi connectivity index (χ0v) is 18.4. The van der Waals surface area contributed by atoms with Crippen LogP contribution in [0.25, 0.3) is 39.1 Å². The third-order valence-corrected chi connectivity index (χ3v) is 6.53. The topological polar surface area (TPSA) is 91.3 Å². The van der Waals surface area contributed by atoms with Gasteiger partial charge in [0.05, 0.1) is 28.1 Å². The smallest absolute Gasteiger partial charge is 0.159 e. The Morgan fingerprint density at radius 1 is 0.941 bits per heavy atom. The zero-order chi connectivity index (χ0) is 22.5. The van der Waals surface area contributed by atoms with Gasteiger partial charge in [0.25, 0.3) is 0 Å². The Morgan fingerprint density at radius 2 is 1.82 bits per heavy atom. The summed E-state index contributed by atoms with van der Waals surface area (Å²) >= 11 is 0. The van der Waals surface area contributed by atoms with E-state index in [1.807, 2.05) is 35.0 Å². The Balaban J connectivity index is 1.19. The molecule has 1 aliphatic rings. The normalized spacial score (nSPS) is 14.1. The minimum Gasteiger partial charge on any atom is -0.339 e. The first-order valence-corrected chi connectivity index (χ1v) is 11.5. The Morgan fingerprint density at radius 3 is 2.76 bits per heavy atom. The van der Waals surface area contributed by atoms with Crippen molar-refractivity contribution in [2.45, 2.75) is 19.5 Å². The second-order valence-electron chi connectivity index (χ2n) is 8.75. The molecule has 6 aromatic rings. The maximum atomic E-state index is 4.91. The molecule has 3 aromatic heterocycles. The molecule has 0 saturated carbocycles. The monoisotopic (exact) mass is 446 g/mol. The number of imidazole rings is 1. The standard InChI is InChI=1S/C26H22N8/c1-2-6-17(7-3-1)15-33-13-12-20-23(16-33)28-26(27-20)25-19-11-10-18(14-22(19)29-31-25)34-24-9-5-4-8-21(24)30-32-34/h1-11,14H,12-13,15-16H2,(H,27,28)(H,29,31). The summed E-state index contributed by atoms with van der Waals surface area (Å²) in [5.41, 5.74) is 8.21. The molecule has 0 bridgehead atoms. The second-order valence-corrected chi connectivity index (χ2v) is 8.75. The van der Waals surface area contributed by atoms with Crippen molar-refractivity contribution in [3.63, 3.8) is 0 Å². The van der Waals surface area contributed by atoms with Crippen LogP contribution in [0, 0.1) is 0 Å². The molecule has 166 valence electrons. The van der Waals surface area contributed by atoms with Gasteiger partial charge >= 0.3 is 0 Å². The summed E-state index contributed by atoms with van der Waals surface area (Å²) < 4.78 is 1.85. The fourth-order valence-electron chi connectivity index (χ4n) is 4.82. The predicted octanol–water partition coefficient (Wildman–Crippen LogP) is 4.25. The largest absolute Gasteiger partial charge is 0.339 e. The van der Waals surface area contributed by atoms with Crippen LogP contribution in [0.1, 0.15) is 17.0 Å². The molecule has 7 rings (SSSR count). The number of aromatic nitrogens is 7. The number of fused-ring (bicyclic) bond motifs is 3. The fraction of sp³-hybridized carbons (Fsp3) is 0.154. The van der Waals surface area contributed by atoms with Crippen molar-refractivity contribution in [3.8, 4) is 17.2 Å². The lowest BCUT2D eigenvalue weighted by Gasteiger charge is -2.25. The lowest BCUT2D eigenvalue weighted by Crippen LogP contribution is -2.30. The number of nitrogens with one attached hydrogen (secondary N) is 2. The van der Waals surface area contributed by atoms with Crippen LogP contribution in [0.2, 0.25) is 0 Å². The summed E-state index contributed by atoms with van der Waals surface area (Å²) in [6, 6.07) is 24.7. The van der Waals surface area contributed by atoms with Crippen LogP contribution < -0.4 is 0 Å². The van der Waals surface area contributed by atoms with E-state index in [9.17, 15) is 0 Å². The lowest BCUT2D eigenvalue weighted by molar-refractivity contribution is 0.241. The maximum Gasteiger partial charge on any atom is 0.159 e. The first kappa shape index (κ1) is 19.2. The van der Waals surface area contributed by atoms with E-state index < -0.39 is 0 Å². The minimum atomic E-state index is 0.816. The highest BCUT2D eigenvalue weighted by Gasteiger charge is 2.22. The Kier molecular flexibility index (Phi) is 4.31. The number of aromatic amines is 2. The summed E-state index contributed by atoms with van der Waals surface area (Å²) in [4.78, 5) is 10.9. The van der Waals surface area contributed by atoms with Crippen molar-refractivity contribution in [2.24, 2.45) is 0 Å². The molecular formula is C26H22N8. The third-order valence-electron chi connectivity index (χ3n) is 6.53. The van der Waals surface area contributed by atoms with Gasteiger partial charge in [0.2, 0.25) is 0 Å². The van der Waals surface area contributed by atoms with Crippen LogP contribution in [-0.4, -0.2) is 46.6 Å². The average molecular weight is 447 g/mol. The van der Waals surface area contributed by atoms with E-state index in [2.05, 4.69) is 72.9 Å². The van der Waals surface area contributed by atoms with E-state index in [4.69, 9.17) is 4.98 Å². The Bertz CT molecular complexity index is 1630. The highest BCUT2D eigenvalue weighted by atomic mass is 15.4. The van der Waals surface area contributed by atoms with Crippen LogP contribution in [0.3, 0.4) is 0 Å². The van der Waals surface area contributed by atoms with Crippen molar-refractivity contribution in [3.05, 3.63) is 89.7 Å². The molecule has 34 heavy (non-hydrogen) atoms. The molecule has 0 radical (unpaired) electrons. The van der Waals surface area contributed by atoms with E-state index >= 15 is 0 Å². The van der Waals surface area contributed by atoms with E-state index in [0.717, 1.165) is 70.9 Å². The molecule has 0 fully saturated rings. The molecule has 0 saturated heterocycles. The molecule has 0 amide bonds. The van der Waals surface area contributed by atoms with Crippen molar-refractivity contribution >= 4 is 21.9 Å². The second kappa shape index (κ2) is 7.64. The number of benzene rings is 3. The van der Waals surface area contributed by atoms with Crippen molar-refractivity contribution in [1.29, 1.82) is 0 Å². The van der Waals surface area contributed by atoms with Crippen molar-refractivity contribution in [1.82, 2.24) is 40.1 Å². The molecule has 3 aromatic carbocycles. The fourth-order valence-corrected chi connectivity index (χ4v) is 4.82. The quantitative estimate of drug-likeness (QED) is 0.423. The minimum absolute atomic E-state index is 0.816. The molecule has 0 atom stereocenters. The Hall–Kier alpha value is -4.30. The molecule has 2 N–H and O–H groups in total. The summed E-state index contributed by atoms with van der Waals surface area (Å²) in [7, 11) is 0. The molecule has 0 spiro atoms. The van der Waals surface area contributed by atoms with Gasteiger partial charge in [-0.2, -0.15) is 5.10 Å². The van der Waals surface area contributed by atoms with Crippen molar-refractivity contribution < 1.29 is 0 Å². The van der Waals surface area contributed by atoms with Crippen LogP contribution >= 0.6 is 0 Å². The van der Waals surface area contributed by atoms with Gasteiger partial charge in [-0.25, -0.2) is 9.67 Å². The van der Waals surface area contributed by atoms with E-state index in [-0.39, 0.29) is 0 Å². The van der Waals surface area contributed by atoms with Crippen molar-refractivity contribution in [2.75, 3.05) is 6.54 Å². The van der Waals surface area contributed by atoms with Gasteiger partial charge in [-0.05, 0) is 35.9 Å². The molecule has 8 heteroatoms. The van der Waals surface area contributed by atoms with Gasteiger partial charge in [0.1, 0.15) is 11.2 Å². The maximum absolute atomic E-state index is 4.91. The number of hydrogen-bond acceptors (Lipinski definition) is 5. The van der Waals surface area contributed by atoms with Crippen LogP contribution in [0.5, 0.6) is 0 Å². The average Bonchev–Trinajstić information content (AvgIpc) is 3.60. The van der Waals surface area contributed by atoms with E-state index in [0.29, 0.717) is 0 Å². The number of H-pyrrole nitrogens is 2. The summed E-state index contributed by atoms with van der Waals surface area (Å²) in [6.45, 7) is 2.81. The summed E-state index contributed by atoms with van der Waals surface area (Å²) in [5, 5.41) is 17.4. The molecule has 0 unspecified atom stereocenters. The van der Waals surface area contributed by atoms with Crippen LogP contribution in [-0.2, 0) is 19.5 Å². The van der Waals surface area contributed by atoms with Gasteiger partial charge in [0, 0.05) is 31.4 Å². The van der Waals surface area contributed by atoms with Gasteiger partial charge < -0.3 is 4.98 Å². The highest BCUT2D eigenvalue weighted by molar-refractivity contribution is 5.92. The molecule has 8 nitrogen and oxygen atoms in total. The summed E-state index contributed by atoms with van der Waals surface area (Å²) in [6.07, 6.45) is 0.935. The van der Waals surface area contributed by atoms with Gasteiger partial charge in [-0.3, -0.25) is 10.00 Å². The Labute approximate surface area is 195 Å². The number of nitrogens with zero attached hydrogens (tertiary/aromatic N) is 6. The van der Waals surface area contributed by atoms with Crippen LogP contribution in [0.4, 0.5) is 0 Å². The number of para-hydroxylation sites is 1. The van der Waals surface area contributed by atoms with Gasteiger partial charge in [-0.15, -0.1) is 5.10 Å². The number of rotatable bonds is 4. The molecule has 1 aliphatic heterocycles.